The number of non-ortho nitro benzene ring substituents is 1. The van der Waals surface area contributed by atoms with Crippen molar-refractivity contribution in [1.82, 2.24) is 4.98 Å². The molecule has 0 spiro atoms. The standard InChI is InChI=1S/C12H10ClN3O4S/c1-20-10-4-8(16(18)19)2-3-9(10)11(17)15-12-14-7(5-13)6-21-12/h2-4,6H,5H2,1H3,(H,14,15,17). The fraction of sp³-hybridized carbons (Fsp3) is 0.167. The molecule has 1 amide bonds. The van der Waals surface area contributed by atoms with Crippen LogP contribution in [-0.4, -0.2) is 22.9 Å². The molecule has 0 unspecified atom stereocenters. The Morgan fingerprint density at radius 2 is 2.33 bits per heavy atom. The number of nitro benzene ring substituents is 1. The van der Waals surface area contributed by atoms with Gasteiger partial charge in [-0.05, 0) is 6.07 Å². The van der Waals surface area contributed by atoms with Gasteiger partial charge in [-0.3, -0.25) is 20.2 Å². The molecule has 0 saturated heterocycles. The van der Waals surface area contributed by atoms with E-state index in [4.69, 9.17) is 16.3 Å². The first-order valence-corrected chi connectivity index (χ1v) is 7.10. The van der Waals surface area contributed by atoms with Crippen molar-refractivity contribution in [2.24, 2.45) is 0 Å². The van der Waals surface area contributed by atoms with E-state index in [1.807, 2.05) is 0 Å². The van der Waals surface area contributed by atoms with Crippen LogP contribution in [-0.2, 0) is 5.88 Å². The Balaban J connectivity index is 2.24. The van der Waals surface area contributed by atoms with Crippen LogP contribution in [0.5, 0.6) is 5.75 Å². The smallest absolute Gasteiger partial charge is 0.273 e. The minimum Gasteiger partial charge on any atom is -0.496 e. The summed E-state index contributed by atoms with van der Waals surface area (Å²) < 4.78 is 5.02. The van der Waals surface area contributed by atoms with Crippen LogP contribution in [0.3, 0.4) is 0 Å². The van der Waals surface area contributed by atoms with Gasteiger partial charge in [-0.25, -0.2) is 4.98 Å². The number of anilines is 1. The lowest BCUT2D eigenvalue weighted by Gasteiger charge is -2.07. The molecule has 0 aliphatic carbocycles. The van der Waals surface area contributed by atoms with E-state index < -0.39 is 10.8 Å². The molecule has 0 fully saturated rings. The first-order valence-electron chi connectivity index (χ1n) is 5.69. The lowest BCUT2D eigenvalue weighted by Crippen LogP contribution is -2.13. The van der Waals surface area contributed by atoms with Crippen molar-refractivity contribution in [3.63, 3.8) is 0 Å². The number of benzene rings is 1. The highest BCUT2D eigenvalue weighted by Crippen LogP contribution is 2.26. The fourth-order valence-corrected chi connectivity index (χ4v) is 2.50. The van der Waals surface area contributed by atoms with E-state index in [0.29, 0.717) is 10.8 Å². The van der Waals surface area contributed by atoms with Crippen LogP contribution in [0.15, 0.2) is 23.6 Å². The molecule has 21 heavy (non-hydrogen) atoms. The third kappa shape index (κ3) is 3.47. The van der Waals surface area contributed by atoms with Crippen LogP contribution < -0.4 is 10.1 Å². The van der Waals surface area contributed by atoms with Gasteiger partial charge in [-0.2, -0.15) is 0 Å². The fourth-order valence-electron chi connectivity index (χ4n) is 1.57. The highest BCUT2D eigenvalue weighted by atomic mass is 35.5. The zero-order valence-corrected chi connectivity index (χ0v) is 12.4. The summed E-state index contributed by atoms with van der Waals surface area (Å²) in [6.45, 7) is 0. The van der Waals surface area contributed by atoms with E-state index >= 15 is 0 Å². The zero-order valence-electron chi connectivity index (χ0n) is 10.8. The molecular weight excluding hydrogens is 318 g/mol. The number of nitrogens with one attached hydrogen (secondary N) is 1. The van der Waals surface area contributed by atoms with Crippen molar-refractivity contribution in [3.05, 3.63) is 45.0 Å². The topological polar surface area (TPSA) is 94.4 Å². The molecule has 9 heteroatoms. The Morgan fingerprint density at radius 1 is 1.57 bits per heavy atom. The van der Waals surface area contributed by atoms with Gasteiger partial charge in [0.2, 0.25) is 0 Å². The van der Waals surface area contributed by atoms with Crippen molar-refractivity contribution in [3.8, 4) is 5.75 Å². The predicted octanol–water partition coefficient (Wildman–Crippen LogP) is 3.05. The van der Waals surface area contributed by atoms with Gasteiger partial charge < -0.3 is 4.74 Å². The lowest BCUT2D eigenvalue weighted by molar-refractivity contribution is -0.384. The summed E-state index contributed by atoms with van der Waals surface area (Å²) in [7, 11) is 1.34. The second kappa shape index (κ2) is 6.51. The molecule has 7 nitrogen and oxygen atoms in total. The maximum atomic E-state index is 12.1. The molecule has 1 heterocycles. The Kier molecular flexibility index (Phi) is 4.71. The summed E-state index contributed by atoms with van der Waals surface area (Å²) in [5.41, 5.74) is 0.695. The number of nitro groups is 1. The van der Waals surface area contributed by atoms with Crippen LogP contribution in [0.4, 0.5) is 10.8 Å². The Morgan fingerprint density at radius 3 is 2.90 bits per heavy atom. The maximum Gasteiger partial charge on any atom is 0.273 e. The average Bonchev–Trinajstić information content (AvgIpc) is 2.93. The Labute approximate surface area is 128 Å². The molecular formula is C12H10ClN3O4S. The number of nitrogens with zero attached hydrogens (tertiary/aromatic N) is 2. The highest BCUT2D eigenvalue weighted by molar-refractivity contribution is 7.14. The van der Waals surface area contributed by atoms with E-state index in [2.05, 4.69) is 10.3 Å². The molecule has 0 radical (unpaired) electrons. The van der Waals surface area contributed by atoms with Crippen LogP contribution in [0.25, 0.3) is 0 Å². The van der Waals surface area contributed by atoms with Crippen LogP contribution in [0, 0.1) is 10.1 Å². The molecule has 1 aromatic carbocycles. The molecule has 0 aliphatic heterocycles. The summed E-state index contributed by atoms with van der Waals surface area (Å²) in [4.78, 5) is 26.4. The highest BCUT2D eigenvalue weighted by Gasteiger charge is 2.17. The van der Waals surface area contributed by atoms with Crippen molar-refractivity contribution < 1.29 is 14.5 Å². The van der Waals surface area contributed by atoms with Crippen LogP contribution >= 0.6 is 22.9 Å². The number of amides is 1. The van der Waals surface area contributed by atoms with Gasteiger partial charge >= 0.3 is 0 Å². The van der Waals surface area contributed by atoms with Gasteiger partial charge in [0.25, 0.3) is 11.6 Å². The summed E-state index contributed by atoms with van der Waals surface area (Å²) in [6.07, 6.45) is 0. The SMILES string of the molecule is COc1cc([N+](=O)[O-])ccc1C(=O)Nc1nc(CCl)cs1. The molecule has 110 valence electrons. The third-order valence-corrected chi connectivity index (χ3v) is 3.63. The lowest BCUT2D eigenvalue weighted by atomic mass is 10.1. The first kappa shape index (κ1) is 15.2. The van der Waals surface area contributed by atoms with Gasteiger partial charge in [0.1, 0.15) is 5.75 Å². The zero-order chi connectivity index (χ0) is 15.4. The summed E-state index contributed by atoms with van der Waals surface area (Å²) in [6, 6.07) is 3.77. The van der Waals surface area contributed by atoms with Crippen molar-refractivity contribution in [1.29, 1.82) is 0 Å². The predicted molar refractivity (Wildman–Crippen MR) is 79.3 cm³/mol. The van der Waals surface area contributed by atoms with Crippen LogP contribution in [0.1, 0.15) is 16.1 Å². The van der Waals surface area contributed by atoms with Crippen LogP contribution in [0.2, 0.25) is 0 Å². The minimum absolute atomic E-state index is 0.121. The number of rotatable bonds is 5. The number of carbonyl (C=O) groups is 1. The van der Waals surface area contributed by atoms with Crippen molar-refractivity contribution in [2.45, 2.75) is 5.88 Å². The Hall–Kier alpha value is -2.19. The number of methoxy groups -OCH3 is 1. The number of thiazole rings is 1. The molecule has 0 bridgehead atoms. The molecule has 1 N–H and O–H groups in total. The van der Waals surface area contributed by atoms with E-state index in [1.54, 1.807) is 5.38 Å². The summed E-state index contributed by atoms with van der Waals surface area (Å²) in [5, 5.41) is 15.4. The first-order chi connectivity index (χ1) is 10.0. The van der Waals surface area contributed by atoms with Crippen molar-refractivity contribution >= 4 is 39.7 Å². The second-order valence-corrected chi connectivity index (χ2v) is 5.00. The molecule has 0 saturated carbocycles. The van der Waals surface area contributed by atoms with Gasteiger partial charge in [0, 0.05) is 11.4 Å². The minimum atomic E-state index is -0.558. The molecule has 0 aliphatic rings. The monoisotopic (exact) mass is 327 g/mol. The van der Waals surface area contributed by atoms with E-state index in [1.165, 1.54) is 36.6 Å². The summed E-state index contributed by atoms with van der Waals surface area (Å²) >= 11 is 6.88. The van der Waals surface area contributed by atoms with Gasteiger partial charge in [0.05, 0.1) is 35.2 Å². The second-order valence-electron chi connectivity index (χ2n) is 3.87. The third-order valence-electron chi connectivity index (χ3n) is 2.55. The van der Waals surface area contributed by atoms with E-state index in [-0.39, 0.29) is 22.9 Å². The number of hydrogen-bond acceptors (Lipinski definition) is 6. The summed E-state index contributed by atoms with van der Waals surface area (Å²) in [5.74, 6) is -0.0826. The number of ether oxygens (including phenoxy) is 1. The van der Waals surface area contributed by atoms with Gasteiger partial charge in [0.15, 0.2) is 5.13 Å². The molecule has 0 atom stereocenters. The van der Waals surface area contributed by atoms with Gasteiger partial charge in [-0.15, -0.1) is 22.9 Å². The normalized spacial score (nSPS) is 10.2. The van der Waals surface area contributed by atoms with Crippen molar-refractivity contribution in [2.75, 3.05) is 12.4 Å². The molecule has 2 aromatic rings. The average molecular weight is 328 g/mol. The number of aromatic nitrogens is 1. The Bertz CT molecular complexity index is 689. The number of hydrogen-bond donors (Lipinski definition) is 1. The van der Waals surface area contributed by atoms with E-state index in [9.17, 15) is 14.9 Å². The maximum absolute atomic E-state index is 12.1. The largest absolute Gasteiger partial charge is 0.496 e. The van der Waals surface area contributed by atoms with E-state index in [0.717, 1.165) is 0 Å². The quantitative estimate of drug-likeness (QED) is 0.517. The number of alkyl halides is 1. The van der Waals surface area contributed by atoms with Gasteiger partial charge in [-0.1, -0.05) is 0 Å². The molecule has 2 rings (SSSR count). The number of halogens is 1. The molecule has 1 aromatic heterocycles. The number of carbonyl (C=O) groups excluding carboxylic acids is 1.